The van der Waals surface area contributed by atoms with Gasteiger partial charge in [0.2, 0.25) is 10.0 Å². The maximum absolute atomic E-state index is 12.5. The zero-order valence-electron chi connectivity index (χ0n) is 15.6. The summed E-state index contributed by atoms with van der Waals surface area (Å²) in [7, 11) is -3.71. The Balaban J connectivity index is 1.72. The van der Waals surface area contributed by atoms with Crippen LogP contribution in [-0.2, 0) is 28.9 Å². The summed E-state index contributed by atoms with van der Waals surface area (Å²) in [4.78, 5) is 0.121. The fraction of sp³-hybridized carbons (Fsp3) is 0.158. The molecule has 0 saturated carbocycles. The van der Waals surface area contributed by atoms with Gasteiger partial charge in [-0.2, -0.15) is 0 Å². The number of thioether (sulfide) groups is 1. The van der Waals surface area contributed by atoms with Gasteiger partial charge in [-0.25, -0.2) is 13.1 Å². The van der Waals surface area contributed by atoms with Gasteiger partial charge in [-0.1, -0.05) is 58.7 Å². The topological polar surface area (TPSA) is 76.9 Å². The van der Waals surface area contributed by atoms with E-state index in [0.717, 1.165) is 5.56 Å². The first-order chi connectivity index (χ1) is 14.3. The van der Waals surface area contributed by atoms with Crippen LogP contribution in [0.1, 0.15) is 11.4 Å². The lowest BCUT2D eigenvalue weighted by atomic mass is 10.2. The number of hydrogen-bond donors (Lipinski definition) is 1. The van der Waals surface area contributed by atoms with Crippen molar-refractivity contribution in [1.29, 1.82) is 0 Å². The van der Waals surface area contributed by atoms with E-state index in [1.165, 1.54) is 36.0 Å². The Morgan fingerprint density at radius 3 is 2.47 bits per heavy atom. The average molecular weight is 504 g/mol. The minimum absolute atomic E-state index is 0.0147. The van der Waals surface area contributed by atoms with E-state index < -0.39 is 10.0 Å². The Morgan fingerprint density at radius 1 is 1.07 bits per heavy atom. The third-order valence-corrected chi connectivity index (χ3v) is 7.45. The van der Waals surface area contributed by atoms with Crippen molar-refractivity contribution in [2.75, 3.05) is 0 Å². The lowest BCUT2D eigenvalue weighted by Crippen LogP contribution is -2.25. The van der Waals surface area contributed by atoms with Crippen LogP contribution in [0.5, 0.6) is 0 Å². The Bertz CT molecular complexity index is 1150. The molecule has 6 nitrogen and oxygen atoms in total. The molecule has 30 heavy (non-hydrogen) atoms. The number of allylic oxidation sites excluding steroid dienone is 1. The first-order valence-electron chi connectivity index (χ1n) is 8.65. The zero-order chi connectivity index (χ0) is 21.7. The van der Waals surface area contributed by atoms with Gasteiger partial charge in [0.25, 0.3) is 0 Å². The monoisotopic (exact) mass is 502 g/mol. The molecule has 158 valence electrons. The van der Waals surface area contributed by atoms with Crippen LogP contribution in [0.25, 0.3) is 0 Å². The minimum atomic E-state index is -3.71. The Labute approximate surface area is 194 Å². The summed E-state index contributed by atoms with van der Waals surface area (Å²) < 4.78 is 29.4. The molecule has 0 bridgehead atoms. The summed E-state index contributed by atoms with van der Waals surface area (Å²) in [5.41, 5.74) is 0.979. The van der Waals surface area contributed by atoms with Crippen LogP contribution >= 0.6 is 46.6 Å². The van der Waals surface area contributed by atoms with E-state index >= 15 is 0 Å². The van der Waals surface area contributed by atoms with Crippen molar-refractivity contribution >= 4 is 56.6 Å². The molecule has 0 aliphatic rings. The molecule has 0 fully saturated rings. The summed E-state index contributed by atoms with van der Waals surface area (Å²) >= 11 is 19.3. The number of nitrogens with one attached hydrogen (secondary N) is 1. The molecule has 0 aliphatic heterocycles. The second kappa shape index (κ2) is 10.2. The van der Waals surface area contributed by atoms with Gasteiger partial charge < -0.3 is 4.57 Å². The molecule has 2 aromatic carbocycles. The van der Waals surface area contributed by atoms with Gasteiger partial charge in [0, 0.05) is 17.3 Å². The highest BCUT2D eigenvalue weighted by Crippen LogP contribution is 2.27. The van der Waals surface area contributed by atoms with Gasteiger partial charge in [-0.05, 0) is 42.0 Å². The number of aromatic nitrogens is 3. The molecule has 3 rings (SSSR count). The highest BCUT2D eigenvalue weighted by Gasteiger charge is 2.17. The molecule has 1 heterocycles. The number of benzene rings is 2. The van der Waals surface area contributed by atoms with E-state index in [1.807, 2.05) is 6.07 Å². The van der Waals surface area contributed by atoms with Crippen molar-refractivity contribution in [2.24, 2.45) is 0 Å². The van der Waals surface area contributed by atoms with Crippen LogP contribution in [0.3, 0.4) is 0 Å². The molecule has 0 atom stereocenters. The van der Waals surface area contributed by atoms with E-state index in [9.17, 15) is 8.42 Å². The van der Waals surface area contributed by atoms with Crippen LogP contribution in [0.2, 0.25) is 15.1 Å². The predicted octanol–water partition coefficient (Wildman–Crippen LogP) is 5.20. The van der Waals surface area contributed by atoms with Crippen molar-refractivity contribution in [3.8, 4) is 0 Å². The number of sulfonamides is 1. The zero-order valence-corrected chi connectivity index (χ0v) is 19.5. The number of hydrogen-bond acceptors (Lipinski definition) is 5. The Kier molecular flexibility index (Phi) is 7.84. The highest BCUT2D eigenvalue weighted by atomic mass is 35.5. The van der Waals surface area contributed by atoms with E-state index in [4.69, 9.17) is 34.8 Å². The van der Waals surface area contributed by atoms with Crippen molar-refractivity contribution in [3.63, 3.8) is 0 Å². The molecule has 0 saturated heterocycles. The summed E-state index contributed by atoms with van der Waals surface area (Å²) in [5.74, 6) is 1.08. The number of halogens is 3. The molecule has 1 aromatic heterocycles. The van der Waals surface area contributed by atoms with Crippen LogP contribution < -0.4 is 4.72 Å². The maximum Gasteiger partial charge on any atom is 0.240 e. The first kappa shape index (κ1) is 23.1. The summed E-state index contributed by atoms with van der Waals surface area (Å²) in [6, 6.07) is 11.4. The lowest BCUT2D eigenvalue weighted by Gasteiger charge is -2.10. The van der Waals surface area contributed by atoms with Crippen LogP contribution in [0, 0.1) is 0 Å². The number of nitrogens with zero attached hydrogens (tertiary/aromatic N) is 3. The molecule has 0 unspecified atom stereocenters. The first-order valence-corrected chi connectivity index (χ1v) is 12.3. The Hall–Kier alpha value is -1.55. The van der Waals surface area contributed by atoms with Gasteiger partial charge in [0.1, 0.15) is 5.82 Å². The smallest absolute Gasteiger partial charge is 0.240 e. The fourth-order valence-electron chi connectivity index (χ4n) is 2.50. The fourth-order valence-corrected chi connectivity index (χ4v) is 4.84. The van der Waals surface area contributed by atoms with E-state index in [0.29, 0.717) is 38.3 Å². The normalized spacial score (nSPS) is 11.6. The molecule has 0 amide bonds. The van der Waals surface area contributed by atoms with E-state index in [2.05, 4.69) is 21.5 Å². The largest absolute Gasteiger partial charge is 0.301 e. The quantitative estimate of drug-likeness (QED) is 0.321. The molecule has 0 spiro atoms. The van der Waals surface area contributed by atoms with Crippen molar-refractivity contribution in [3.05, 3.63) is 81.6 Å². The number of rotatable bonds is 9. The second-order valence-electron chi connectivity index (χ2n) is 6.11. The molecule has 1 N–H and O–H groups in total. The SMILES string of the molecule is C=CCn1c(CNS(=O)(=O)c2ccc(Cl)cc2)nnc1SCc1ccc(Cl)c(Cl)c1. The third-order valence-electron chi connectivity index (χ3n) is 4.00. The Morgan fingerprint density at radius 2 is 1.80 bits per heavy atom. The van der Waals surface area contributed by atoms with Gasteiger partial charge in [0.05, 0.1) is 21.5 Å². The van der Waals surface area contributed by atoms with Crippen molar-refractivity contribution < 1.29 is 8.42 Å². The standard InChI is InChI=1S/C19H17Cl3N4O2S2/c1-2-9-26-18(11-23-30(27,28)15-6-4-14(20)5-7-15)24-25-19(26)29-12-13-3-8-16(21)17(22)10-13/h2-8,10,23H,1,9,11-12H2. The third kappa shape index (κ3) is 5.78. The molecular weight excluding hydrogens is 487 g/mol. The second-order valence-corrected chi connectivity index (χ2v) is 10.1. The molecule has 0 aliphatic carbocycles. The average Bonchev–Trinajstić information content (AvgIpc) is 3.10. The van der Waals surface area contributed by atoms with Gasteiger partial charge in [0.15, 0.2) is 5.16 Å². The lowest BCUT2D eigenvalue weighted by molar-refractivity contribution is 0.574. The molecule has 11 heteroatoms. The highest BCUT2D eigenvalue weighted by molar-refractivity contribution is 7.98. The van der Waals surface area contributed by atoms with E-state index in [-0.39, 0.29) is 11.4 Å². The summed E-state index contributed by atoms with van der Waals surface area (Å²) in [6.45, 7) is 4.18. The van der Waals surface area contributed by atoms with Crippen molar-refractivity contribution in [2.45, 2.75) is 28.9 Å². The van der Waals surface area contributed by atoms with Crippen LogP contribution in [0.15, 0.2) is 65.2 Å². The summed E-state index contributed by atoms with van der Waals surface area (Å²) in [5, 5.41) is 10.4. The van der Waals surface area contributed by atoms with Crippen molar-refractivity contribution in [1.82, 2.24) is 19.5 Å². The van der Waals surface area contributed by atoms with Gasteiger partial charge >= 0.3 is 0 Å². The molecular formula is C19H17Cl3N4O2S2. The van der Waals surface area contributed by atoms with Crippen LogP contribution in [-0.4, -0.2) is 23.2 Å². The summed E-state index contributed by atoms with van der Waals surface area (Å²) in [6.07, 6.45) is 1.70. The van der Waals surface area contributed by atoms with Crippen LogP contribution in [0.4, 0.5) is 0 Å². The van der Waals surface area contributed by atoms with E-state index in [1.54, 1.807) is 22.8 Å². The molecule has 0 radical (unpaired) electrons. The predicted molar refractivity (Wildman–Crippen MR) is 122 cm³/mol. The van der Waals surface area contributed by atoms with Gasteiger partial charge in [-0.15, -0.1) is 16.8 Å². The molecule has 3 aromatic rings. The van der Waals surface area contributed by atoms with Gasteiger partial charge in [-0.3, -0.25) is 0 Å². The minimum Gasteiger partial charge on any atom is -0.301 e. The maximum atomic E-state index is 12.5.